The van der Waals surface area contributed by atoms with Gasteiger partial charge in [-0.25, -0.2) is 0 Å². The van der Waals surface area contributed by atoms with E-state index in [9.17, 15) is 0 Å². The van der Waals surface area contributed by atoms with Gasteiger partial charge in [0.1, 0.15) is 0 Å². The number of anilines is 1. The van der Waals surface area contributed by atoms with Crippen molar-refractivity contribution < 1.29 is 0 Å². The molecule has 0 saturated heterocycles. The Morgan fingerprint density at radius 3 is 2.46 bits per heavy atom. The van der Waals surface area contributed by atoms with Gasteiger partial charge >= 0.3 is 0 Å². The van der Waals surface area contributed by atoms with Crippen LogP contribution >= 0.6 is 0 Å². The molecule has 0 aromatic heterocycles. The van der Waals surface area contributed by atoms with Crippen LogP contribution in [0.25, 0.3) is 11.1 Å². The normalized spacial score (nSPS) is 11.2. The smallest absolute Gasteiger partial charge is 0.0421 e. The molecule has 0 aliphatic carbocycles. The van der Waals surface area contributed by atoms with Crippen molar-refractivity contribution in [2.45, 2.75) is 40.2 Å². The summed E-state index contributed by atoms with van der Waals surface area (Å²) < 4.78 is 0. The molecule has 0 amide bonds. The van der Waals surface area contributed by atoms with Gasteiger partial charge in [-0.3, -0.25) is 0 Å². The van der Waals surface area contributed by atoms with Gasteiger partial charge in [0.15, 0.2) is 0 Å². The van der Waals surface area contributed by atoms with Crippen LogP contribution in [0, 0.1) is 12.3 Å². The zero-order valence-corrected chi connectivity index (χ0v) is 15.0. The maximum Gasteiger partial charge on any atom is 0.0421 e. The second-order valence-corrected chi connectivity index (χ2v) is 6.46. The first-order valence-corrected chi connectivity index (χ1v) is 8.34. The van der Waals surface area contributed by atoms with Crippen molar-refractivity contribution in [3.05, 3.63) is 65.4 Å². The third-order valence-corrected chi connectivity index (χ3v) is 4.15. The van der Waals surface area contributed by atoms with E-state index in [0.717, 1.165) is 11.3 Å². The second kappa shape index (κ2) is 7.93. The van der Waals surface area contributed by atoms with Crippen molar-refractivity contribution >= 4 is 11.4 Å². The first-order chi connectivity index (χ1) is 11.4. The van der Waals surface area contributed by atoms with Crippen LogP contribution in [-0.4, -0.2) is 5.71 Å². The van der Waals surface area contributed by atoms with E-state index in [1.54, 1.807) is 13.0 Å². The first-order valence-electron chi connectivity index (χ1n) is 8.34. The van der Waals surface area contributed by atoms with Crippen molar-refractivity contribution in [1.82, 2.24) is 0 Å². The van der Waals surface area contributed by atoms with Gasteiger partial charge in [0.2, 0.25) is 0 Å². The Labute approximate surface area is 145 Å². The molecule has 2 rings (SSSR count). The summed E-state index contributed by atoms with van der Waals surface area (Å²) in [6.45, 7) is 8.77. The molecule has 2 aromatic carbocycles. The topological polar surface area (TPSA) is 61.9 Å². The van der Waals surface area contributed by atoms with E-state index in [1.165, 1.54) is 22.3 Å². The summed E-state index contributed by atoms with van der Waals surface area (Å²) >= 11 is 0. The fraction of sp³-hybridized carbons (Fsp3) is 0.286. The molecule has 0 unspecified atom stereocenters. The van der Waals surface area contributed by atoms with E-state index in [1.807, 2.05) is 6.20 Å². The molecule has 0 aliphatic heterocycles. The molecule has 0 heterocycles. The largest absolute Gasteiger partial charge is 0.361 e. The van der Waals surface area contributed by atoms with Crippen molar-refractivity contribution in [2.24, 2.45) is 5.73 Å². The predicted molar refractivity (Wildman–Crippen MR) is 105 cm³/mol. The van der Waals surface area contributed by atoms with Gasteiger partial charge in [-0.15, -0.1) is 0 Å². The molecule has 3 nitrogen and oxygen atoms in total. The Balaban J connectivity index is 2.43. The fourth-order valence-corrected chi connectivity index (χ4v) is 2.69. The van der Waals surface area contributed by atoms with Crippen LogP contribution in [0.2, 0.25) is 0 Å². The van der Waals surface area contributed by atoms with E-state index in [-0.39, 0.29) is 0 Å². The van der Waals surface area contributed by atoms with Crippen LogP contribution in [0.15, 0.2) is 48.7 Å². The van der Waals surface area contributed by atoms with Crippen molar-refractivity contribution in [3.8, 4) is 11.1 Å². The highest BCUT2D eigenvalue weighted by Crippen LogP contribution is 2.31. The second-order valence-electron chi connectivity index (χ2n) is 6.46. The minimum Gasteiger partial charge on any atom is -0.361 e. The molecular weight excluding hydrogens is 294 g/mol. The SMILES string of the molecule is CC(=N)/C=C\Nc1cc(-c2ccc(C)c(CN)c2)ccc1C(C)C. The number of nitrogens with two attached hydrogens (primary N) is 1. The highest BCUT2D eigenvalue weighted by molar-refractivity contribution is 5.90. The summed E-state index contributed by atoms with van der Waals surface area (Å²) in [5.41, 5.74) is 13.4. The fourth-order valence-electron chi connectivity index (χ4n) is 2.69. The highest BCUT2D eigenvalue weighted by atomic mass is 14.8. The number of allylic oxidation sites excluding steroid dienone is 1. The minimum atomic E-state index is 0.425. The molecule has 0 atom stereocenters. The van der Waals surface area contributed by atoms with Crippen LogP contribution in [0.1, 0.15) is 43.4 Å². The zero-order chi connectivity index (χ0) is 17.7. The number of hydrogen-bond donors (Lipinski definition) is 3. The maximum absolute atomic E-state index is 7.50. The van der Waals surface area contributed by atoms with Gasteiger partial charge in [0, 0.05) is 24.1 Å². The molecule has 0 radical (unpaired) electrons. The van der Waals surface area contributed by atoms with Gasteiger partial charge in [0.25, 0.3) is 0 Å². The van der Waals surface area contributed by atoms with Gasteiger partial charge < -0.3 is 16.5 Å². The molecule has 24 heavy (non-hydrogen) atoms. The lowest BCUT2D eigenvalue weighted by molar-refractivity contribution is 0.869. The summed E-state index contributed by atoms with van der Waals surface area (Å²) in [5, 5.41) is 10.8. The lowest BCUT2D eigenvalue weighted by Crippen LogP contribution is -2.00. The molecule has 0 bridgehead atoms. The molecule has 0 aliphatic rings. The Kier molecular flexibility index (Phi) is 5.93. The average molecular weight is 321 g/mol. The van der Waals surface area contributed by atoms with E-state index >= 15 is 0 Å². The van der Waals surface area contributed by atoms with Crippen LogP contribution in [-0.2, 0) is 6.54 Å². The molecule has 4 N–H and O–H groups in total. The molecule has 2 aromatic rings. The van der Waals surface area contributed by atoms with Gasteiger partial charge in [-0.05, 0) is 65.8 Å². The number of rotatable bonds is 6. The highest BCUT2D eigenvalue weighted by Gasteiger charge is 2.09. The lowest BCUT2D eigenvalue weighted by Gasteiger charge is -2.15. The monoisotopic (exact) mass is 321 g/mol. The number of nitrogens with one attached hydrogen (secondary N) is 2. The molecule has 0 saturated carbocycles. The first kappa shape index (κ1) is 18.0. The van der Waals surface area contributed by atoms with Crippen LogP contribution in [0.5, 0.6) is 0 Å². The van der Waals surface area contributed by atoms with E-state index < -0.39 is 0 Å². The van der Waals surface area contributed by atoms with Crippen LogP contribution in [0.3, 0.4) is 0 Å². The third-order valence-electron chi connectivity index (χ3n) is 4.15. The predicted octanol–water partition coefficient (Wildman–Crippen LogP) is 5.21. The molecular formula is C21H27N3. The molecule has 0 spiro atoms. The average Bonchev–Trinajstić information content (AvgIpc) is 2.54. The minimum absolute atomic E-state index is 0.425. The molecule has 0 fully saturated rings. The third kappa shape index (κ3) is 4.33. The van der Waals surface area contributed by atoms with E-state index in [4.69, 9.17) is 11.1 Å². The summed E-state index contributed by atoms with van der Waals surface area (Å²) in [4.78, 5) is 0. The van der Waals surface area contributed by atoms with E-state index in [0.29, 0.717) is 18.2 Å². The van der Waals surface area contributed by atoms with Crippen molar-refractivity contribution in [1.29, 1.82) is 5.41 Å². The van der Waals surface area contributed by atoms with Crippen molar-refractivity contribution in [2.75, 3.05) is 5.32 Å². The van der Waals surface area contributed by atoms with Gasteiger partial charge in [0.05, 0.1) is 0 Å². The summed E-state index contributed by atoms with van der Waals surface area (Å²) in [5.74, 6) is 0.425. The maximum atomic E-state index is 7.50. The summed E-state index contributed by atoms with van der Waals surface area (Å²) in [6.07, 6.45) is 3.59. The number of benzene rings is 2. The standard InChI is InChI=1S/C21H27N3/c1-14(2)20-8-7-18(12-21(20)24-10-9-16(4)23)17-6-5-15(3)19(11-17)13-22/h5-12,14,23-24H,13,22H2,1-4H3/b10-9-,23-16?. The van der Waals surface area contributed by atoms with E-state index in [2.05, 4.69) is 62.5 Å². The number of aryl methyl sites for hydroxylation is 1. The molecule has 3 heteroatoms. The zero-order valence-electron chi connectivity index (χ0n) is 15.0. The Bertz CT molecular complexity index is 758. The summed E-state index contributed by atoms with van der Waals surface area (Å²) in [7, 11) is 0. The van der Waals surface area contributed by atoms with Crippen LogP contribution < -0.4 is 11.1 Å². The Morgan fingerprint density at radius 2 is 1.83 bits per heavy atom. The number of hydrogen-bond acceptors (Lipinski definition) is 3. The summed E-state index contributed by atoms with van der Waals surface area (Å²) in [6, 6.07) is 12.9. The Morgan fingerprint density at radius 1 is 1.17 bits per heavy atom. The van der Waals surface area contributed by atoms with Crippen LogP contribution in [0.4, 0.5) is 5.69 Å². The van der Waals surface area contributed by atoms with Gasteiger partial charge in [-0.1, -0.05) is 38.1 Å². The lowest BCUT2D eigenvalue weighted by atomic mass is 9.95. The van der Waals surface area contributed by atoms with Gasteiger partial charge in [-0.2, -0.15) is 0 Å². The molecule has 126 valence electrons. The Hall–Kier alpha value is -2.39. The quantitative estimate of drug-likeness (QED) is 0.640. The van der Waals surface area contributed by atoms with Crippen molar-refractivity contribution in [3.63, 3.8) is 0 Å².